The van der Waals surface area contributed by atoms with Crippen molar-refractivity contribution < 1.29 is 48.0 Å². The van der Waals surface area contributed by atoms with Crippen molar-refractivity contribution in [2.45, 2.75) is 165 Å². The van der Waals surface area contributed by atoms with E-state index in [4.69, 9.17) is 48.0 Å². The molecule has 256 valence electrons. The van der Waals surface area contributed by atoms with Gasteiger partial charge in [-0.25, -0.2) is 19.6 Å². The highest BCUT2D eigenvalue weighted by molar-refractivity contribution is 5.23. The van der Waals surface area contributed by atoms with Crippen LogP contribution >= 0.6 is 0 Å². The van der Waals surface area contributed by atoms with Crippen molar-refractivity contribution in [3.8, 4) is 0 Å². The number of hydrogen-bond donors (Lipinski definition) is 0. The Morgan fingerprint density at radius 2 is 0.978 bits per heavy atom. The molecule has 0 aromatic heterocycles. The first kappa shape index (κ1) is 31.1. The third kappa shape index (κ3) is 4.44. The molecule has 0 aromatic carbocycles. The van der Waals surface area contributed by atoms with Crippen molar-refractivity contribution in [3.05, 3.63) is 24.3 Å². The van der Waals surface area contributed by atoms with Crippen LogP contribution in [0, 0.1) is 35.5 Å². The molecule has 2 spiro atoms. The summed E-state index contributed by atoms with van der Waals surface area (Å²) < 4.78 is 39.6. The summed E-state index contributed by atoms with van der Waals surface area (Å²) in [5.41, 5.74) is 0.566. The van der Waals surface area contributed by atoms with E-state index in [0.29, 0.717) is 23.7 Å². The predicted octanol–water partition coefficient (Wildman–Crippen LogP) is 6.59. The van der Waals surface area contributed by atoms with E-state index in [1.165, 1.54) is 0 Å². The molecule has 11 aliphatic rings. The summed E-state index contributed by atoms with van der Waals surface area (Å²) in [6.07, 6.45) is 9.08. The summed E-state index contributed by atoms with van der Waals surface area (Å²) >= 11 is 0. The summed E-state index contributed by atoms with van der Waals surface area (Å²) in [4.78, 5) is 24.4. The number of fused-ring (bicyclic) bond motifs is 4. The van der Waals surface area contributed by atoms with Crippen molar-refractivity contribution in [2.75, 3.05) is 0 Å². The van der Waals surface area contributed by atoms with E-state index in [-0.39, 0.29) is 24.0 Å². The fourth-order valence-corrected chi connectivity index (χ4v) is 11.0. The second-order valence-electron chi connectivity index (χ2n) is 16.5. The van der Waals surface area contributed by atoms with Gasteiger partial charge in [-0.3, -0.25) is 0 Å². The van der Waals surface area contributed by atoms with Crippen LogP contribution in [0.5, 0.6) is 0 Å². The van der Waals surface area contributed by atoms with Gasteiger partial charge in [-0.05, 0) is 113 Å². The lowest BCUT2D eigenvalue weighted by atomic mass is 9.59. The van der Waals surface area contributed by atoms with Crippen molar-refractivity contribution in [3.63, 3.8) is 0 Å². The molecule has 4 bridgehead atoms. The molecule has 0 unspecified atom stereocenters. The molecule has 10 nitrogen and oxygen atoms in total. The molecular formula is C36H52O10. The molecule has 8 saturated heterocycles. The van der Waals surface area contributed by atoms with Crippen molar-refractivity contribution in [1.29, 1.82) is 0 Å². The second-order valence-corrected chi connectivity index (χ2v) is 16.5. The summed E-state index contributed by atoms with van der Waals surface area (Å²) in [7, 11) is 0. The fourth-order valence-electron chi connectivity index (χ4n) is 11.0. The van der Waals surface area contributed by atoms with Gasteiger partial charge in [0.2, 0.25) is 11.6 Å². The van der Waals surface area contributed by atoms with Crippen LogP contribution in [0.2, 0.25) is 0 Å². The molecule has 0 amide bonds. The van der Waals surface area contributed by atoms with Crippen LogP contribution in [0.25, 0.3) is 0 Å². The quantitative estimate of drug-likeness (QED) is 0.247. The maximum absolute atomic E-state index is 6.69. The molecule has 0 N–H and O–H groups in total. The van der Waals surface area contributed by atoms with Gasteiger partial charge in [0.25, 0.3) is 0 Å². The Hall–Kier alpha value is -0.920. The third-order valence-electron chi connectivity index (χ3n) is 13.7. The van der Waals surface area contributed by atoms with Crippen LogP contribution in [0.15, 0.2) is 24.3 Å². The number of ether oxygens (including phenoxy) is 6. The van der Waals surface area contributed by atoms with Crippen LogP contribution in [0.1, 0.15) is 105 Å². The molecule has 8 aliphatic heterocycles. The molecule has 11 rings (SSSR count). The highest BCUT2D eigenvalue weighted by Crippen LogP contribution is 2.62. The van der Waals surface area contributed by atoms with Crippen molar-refractivity contribution in [2.24, 2.45) is 35.5 Å². The molecule has 0 radical (unpaired) electrons. The van der Waals surface area contributed by atoms with Gasteiger partial charge in [0.15, 0.2) is 36.4 Å². The Labute approximate surface area is 272 Å². The minimum absolute atomic E-state index is 0.0374. The lowest BCUT2D eigenvalue weighted by Gasteiger charge is -2.59. The topological polar surface area (TPSA) is 92.3 Å². The smallest absolute Gasteiger partial charge is 0.201 e. The molecule has 0 aromatic rings. The summed E-state index contributed by atoms with van der Waals surface area (Å²) in [6, 6.07) is 0. The van der Waals surface area contributed by atoms with Gasteiger partial charge in [0.05, 0.1) is 12.2 Å². The standard InChI is InChI=1S/C36H52O10/c1-19-7-13-27-21(3)29(39-31-35(27)25(19)15-17-33(5,41-31)43-45-35)37-23-9-11-24(12-10-23)38-30-22(4)28-14-8-20(2)26-16-18-34(6)42-32(40-30)36(26,28)46-44-34/h19-20,23-32H,3-4,7-18H2,1-2,5-6H3/t19-,20-,23?,24?,25+,26+,27+,28+,29+,30+,31-,32-,33+,34+,35-,36-/m1/s1. The summed E-state index contributed by atoms with van der Waals surface area (Å²) in [5, 5.41) is 0. The molecule has 10 heteroatoms. The average molecular weight is 645 g/mol. The first-order chi connectivity index (χ1) is 22.0. The van der Waals surface area contributed by atoms with Gasteiger partial charge >= 0.3 is 0 Å². The highest BCUT2D eigenvalue weighted by Gasteiger charge is 2.70. The van der Waals surface area contributed by atoms with E-state index in [9.17, 15) is 0 Å². The second kappa shape index (κ2) is 10.8. The maximum Gasteiger partial charge on any atom is 0.201 e. The fraction of sp³-hybridized carbons (Fsp3) is 0.889. The van der Waals surface area contributed by atoms with Crippen LogP contribution in [-0.4, -0.2) is 60.1 Å². The minimum atomic E-state index is -0.810. The Morgan fingerprint density at radius 3 is 1.39 bits per heavy atom. The lowest BCUT2D eigenvalue weighted by Crippen LogP contribution is -2.69. The molecule has 14 atom stereocenters. The van der Waals surface area contributed by atoms with Gasteiger partial charge in [0.1, 0.15) is 0 Å². The third-order valence-corrected chi connectivity index (χ3v) is 13.7. The minimum Gasteiger partial charge on any atom is -0.345 e. The Morgan fingerprint density at radius 1 is 0.565 bits per heavy atom. The average Bonchev–Trinajstić information content (AvgIpc) is 3.41. The SMILES string of the molecule is C=C1[C@@H](OC2CCC(O[C@H]3O[C@@H]4O[C@]5(C)CC[C@H]6[C@H](C)CC[C@@H](C3=C)[C@@]46OO5)CC2)O[C@@H]2O[C@]3(C)CC[C@H]4[C@H](C)CC[C@@H]1[C@@]24OO3. The summed E-state index contributed by atoms with van der Waals surface area (Å²) in [5.74, 6) is 0.104. The molecule has 8 heterocycles. The van der Waals surface area contributed by atoms with Gasteiger partial charge in [-0.15, -0.1) is 0 Å². The van der Waals surface area contributed by atoms with Gasteiger partial charge in [-0.1, -0.05) is 27.0 Å². The molecule has 3 aliphatic carbocycles. The molecule has 3 saturated carbocycles. The van der Waals surface area contributed by atoms with Crippen LogP contribution in [0.4, 0.5) is 0 Å². The summed E-state index contributed by atoms with van der Waals surface area (Å²) in [6.45, 7) is 17.6. The van der Waals surface area contributed by atoms with Crippen LogP contribution in [0.3, 0.4) is 0 Å². The Kier molecular flexibility index (Phi) is 7.29. The Bertz CT molecular complexity index is 1160. The van der Waals surface area contributed by atoms with Gasteiger partial charge in [-0.2, -0.15) is 0 Å². The monoisotopic (exact) mass is 644 g/mol. The van der Waals surface area contributed by atoms with Gasteiger partial charge in [0, 0.05) is 24.7 Å². The zero-order valence-electron chi connectivity index (χ0n) is 27.9. The normalized spacial score (nSPS) is 57.7. The predicted molar refractivity (Wildman–Crippen MR) is 162 cm³/mol. The van der Waals surface area contributed by atoms with E-state index < -0.39 is 47.9 Å². The van der Waals surface area contributed by atoms with Crippen LogP contribution < -0.4 is 0 Å². The zero-order chi connectivity index (χ0) is 31.6. The molecular weight excluding hydrogens is 592 g/mol. The highest BCUT2D eigenvalue weighted by atomic mass is 17.3. The van der Waals surface area contributed by atoms with E-state index in [1.807, 2.05) is 13.8 Å². The van der Waals surface area contributed by atoms with Crippen LogP contribution in [-0.2, 0) is 48.0 Å². The van der Waals surface area contributed by atoms with Crippen molar-refractivity contribution in [1.82, 2.24) is 0 Å². The van der Waals surface area contributed by atoms with E-state index in [2.05, 4.69) is 27.0 Å². The van der Waals surface area contributed by atoms with Gasteiger partial charge < -0.3 is 28.4 Å². The molecule has 46 heavy (non-hydrogen) atoms. The van der Waals surface area contributed by atoms with E-state index in [0.717, 1.165) is 88.2 Å². The molecule has 11 fully saturated rings. The first-order valence-electron chi connectivity index (χ1n) is 18.1. The Balaban J connectivity index is 0.854. The first-order valence-corrected chi connectivity index (χ1v) is 18.1. The van der Waals surface area contributed by atoms with Crippen molar-refractivity contribution >= 4 is 0 Å². The van der Waals surface area contributed by atoms with E-state index >= 15 is 0 Å². The number of rotatable bonds is 4. The largest absolute Gasteiger partial charge is 0.345 e. The van der Waals surface area contributed by atoms with E-state index in [1.54, 1.807) is 0 Å². The lowest BCUT2D eigenvalue weighted by molar-refractivity contribution is -0.568. The number of hydrogen-bond acceptors (Lipinski definition) is 10. The zero-order valence-corrected chi connectivity index (χ0v) is 27.9. The maximum atomic E-state index is 6.69.